The molecule has 0 saturated carbocycles. The molecule has 0 spiro atoms. The minimum absolute atomic E-state index is 0.222. The molecule has 0 bridgehead atoms. The molecule has 1 atom stereocenters. The number of rotatable bonds is 8. The van der Waals surface area contributed by atoms with E-state index in [1.54, 1.807) is 17.7 Å². The van der Waals surface area contributed by atoms with Gasteiger partial charge in [-0.3, -0.25) is 4.68 Å². The van der Waals surface area contributed by atoms with Crippen LogP contribution in [0.15, 0.2) is 11.7 Å². The summed E-state index contributed by atoms with van der Waals surface area (Å²) in [6, 6.07) is 0.222. The molecule has 20 heavy (non-hydrogen) atoms. The van der Waals surface area contributed by atoms with Gasteiger partial charge in [0.15, 0.2) is 0 Å². The van der Waals surface area contributed by atoms with Gasteiger partial charge in [0.2, 0.25) is 0 Å². The number of thiazole rings is 1. The summed E-state index contributed by atoms with van der Waals surface area (Å²) in [6.07, 6.45) is 4.66. The van der Waals surface area contributed by atoms with Crippen molar-refractivity contribution in [3.8, 4) is 0 Å². The van der Waals surface area contributed by atoms with Gasteiger partial charge in [-0.25, -0.2) is 9.97 Å². The van der Waals surface area contributed by atoms with Gasteiger partial charge in [0, 0.05) is 18.3 Å². The summed E-state index contributed by atoms with van der Waals surface area (Å²) >= 11 is 1.70. The molecule has 2 aromatic heterocycles. The lowest BCUT2D eigenvalue weighted by Crippen LogP contribution is -2.26. The first-order valence-electron chi connectivity index (χ1n) is 7.26. The summed E-state index contributed by atoms with van der Waals surface area (Å²) in [5.41, 5.74) is 1.12. The fraction of sp³-hybridized carbons (Fsp3) is 0.643. The first kappa shape index (κ1) is 15.1. The highest BCUT2D eigenvalue weighted by Crippen LogP contribution is 2.20. The van der Waals surface area contributed by atoms with Crippen molar-refractivity contribution in [3.63, 3.8) is 0 Å². The highest BCUT2D eigenvalue weighted by Gasteiger charge is 2.17. The number of nitrogens with zero attached hydrogens (tertiary/aromatic N) is 4. The SMILES string of the molecule is CCCNC(Cc1ncnn1CCC)c1csc(C)n1. The Kier molecular flexibility index (Phi) is 5.67. The van der Waals surface area contributed by atoms with Crippen molar-refractivity contribution >= 4 is 11.3 Å². The molecule has 0 saturated heterocycles. The first-order chi connectivity index (χ1) is 9.74. The molecule has 0 aliphatic carbocycles. The normalized spacial score (nSPS) is 12.8. The maximum absolute atomic E-state index is 4.62. The summed E-state index contributed by atoms with van der Waals surface area (Å²) < 4.78 is 2.00. The van der Waals surface area contributed by atoms with E-state index in [0.717, 1.165) is 48.9 Å². The summed E-state index contributed by atoms with van der Waals surface area (Å²) in [5, 5.41) is 11.1. The average molecular weight is 293 g/mol. The van der Waals surface area contributed by atoms with Crippen molar-refractivity contribution in [2.45, 2.75) is 52.6 Å². The molecule has 0 radical (unpaired) electrons. The van der Waals surface area contributed by atoms with Gasteiger partial charge >= 0.3 is 0 Å². The monoisotopic (exact) mass is 293 g/mol. The second-order valence-electron chi connectivity index (χ2n) is 4.90. The minimum Gasteiger partial charge on any atom is -0.308 e. The molecule has 2 rings (SSSR count). The Balaban J connectivity index is 2.12. The third-order valence-corrected chi connectivity index (χ3v) is 3.94. The number of nitrogens with one attached hydrogen (secondary N) is 1. The van der Waals surface area contributed by atoms with Crippen molar-refractivity contribution in [1.82, 2.24) is 25.1 Å². The molecule has 1 unspecified atom stereocenters. The Hall–Kier alpha value is -1.27. The molecule has 0 aliphatic rings. The molecule has 0 amide bonds. The lowest BCUT2D eigenvalue weighted by Gasteiger charge is -2.16. The van der Waals surface area contributed by atoms with Crippen LogP contribution in [0.1, 0.15) is 49.3 Å². The van der Waals surface area contributed by atoms with E-state index in [9.17, 15) is 0 Å². The number of aromatic nitrogens is 4. The predicted octanol–water partition coefficient (Wildman–Crippen LogP) is 2.74. The Labute approximate surface area is 124 Å². The first-order valence-corrected chi connectivity index (χ1v) is 8.14. The van der Waals surface area contributed by atoms with E-state index in [1.807, 2.05) is 11.6 Å². The van der Waals surface area contributed by atoms with Gasteiger partial charge < -0.3 is 5.32 Å². The Morgan fingerprint density at radius 3 is 2.85 bits per heavy atom. The fourth-order valence-electron chi connectivity index (χ4n) is 2.17. The average Bonchev–Trinajstić information content (AvgIpc) is 3.04. The third kappa shape index (κ3) is 3.86. The van der Waals surface area contributed by atoms with Gasteiger partial charge in [0.1, 0.15) is 12.2 Å². The lowest BCUT2D eigenvalue weighted by atomic mass is 10.1. The largest absolute Gasteiger partial charge is 0.308 e. The van der Waals surface area contributed by atoms with Crippen molar-refractivity contribution in [3.05, 3.63) is 28.2 Å². The summed E-state index contributed by atoms with van der Waals surface area (Å²) in [7, 11) is 0. The Bertz CT molecular complexity index is 519. The quantitative estimate of drug-likeness (QED) is 0.813. The molecule has 110 valence electrons. The van der Waals surface area contributed by atoms with E-state index in [0.29, 0.717) is 0 Å². The van der Waals surface area contributed by atoms with Gasteiger partial charge in [0.25, 0.3) is 0 Å². The molecule has 0 aromatic carbocycles. The van der Waals surface area contributed by atoms with Gasteiger partial charge in [-0.2, -0.15) is 5.10 Å². The van der Waals surface area contributed by atoms with Gasteiger partial charge in [0.05, 0.1) is 16.7 Å². The standard InChI is InChI=1S/C14H23N5S/c1-4-6-15-12(13-9-20-11(3)18-13)8-14-16-10-17-19(14)7-5-2/h9-10,12,15H,4-8H2,1-3H3. The smallest absolute Gasteiger partial charge is 0.138 e. The van der Waals surface area contributed by atoms with E-state index in [2.05, 4.69) is 39.6 Å². The highest BCUT2D eigenvalue weighted by molar-refractivity contribution is 7.09. The topological polar surface area (TPSA) is 55.6 Å². The van der Waals surface area contributed by atoms with Crippen LogP contribution in [-0.4, -0.2) is 26.3 Å². The second-order valence-corrected chi connectivity index (χ2v) is 5.96. The van der Waals surface area contributed by atoms with Crippen LogP contribution in [0.5, 0.6) is 0 Å². The van der Waals surface area contributed by atoms with E-state index in [-0.39, 0.29) is 6.04 Å². The van der Waals surface area contributed by atoms with Crippen LogP contribution in [0.4, 0.5) is 0 Å². The van der Waals surface area contributed by atoms with Crippen LogP contribution < -0.4 is 5.32 Å². The Morgan fingerprint density at radius 1 is 1.35 bits per heavy atom. The third-order valence-electron chi connectivity index (χ3n) is 3.15. The zero-order valence-corrected chi connectivity index (χ0v) is 13.3. The van der Waals surface area contributed by atoms with Crippen LogP contribution in [0.2, 0.25) is 0 Å². The molecule has 0 aliphatic heterocycles. The molecule has 0 fully saturated rings. The van der Waals surface area contributed by atoms with Crippen molar-refractivity contribution in [2.24, 2.45) is 0 Å². The van der Waals surface area contributed by atoms with Crippen molar-refractivity contribution < 1.29 is 0 Å². The molecule has 2 heterocycles. The van der Waals surface area contributed by atoms with Gasteiger partial charge in [-0.1, -0.05) is 13.8 Å². The van der Waals surface area contributed by atoms with Crippen molar-refractivity contribution in [2.75, 3.05) is 6.54 Å². The van der Waals surface area contributed by atoms with E-state index < -0.39 is 0 Å². The van der Waals surface area contributed by atoms with Crippen LogP contribution >= 0.6 is 11.3 Å². The molecule has 6 heteroatoms. The summed E-state index contributed by atoms with van der Waals surface area (Å²) in [4.78, 5) is 9.02. The minimum atomic E-state index is 0.222. The summed E-state index contributed by atoms with van der Waals surface area (Å²) in [6.45, 7) is 8.29. The zero-order valence-electron chi connectivity index (χ0n) is 12.5. The predicted molar refractivity (Wildman–Crippen MR) is 81.9 cm³/mol. The number of aryl methyl sites for hydroxylation is 2. The van der Waals surface area contributed by atoms with E-state index in [4.69, 9.17) is 0 Å². The van der Waals surface area contributed by atoms with Crippen LogP contribution in [0, 0.1) is 6.92 Å². The van der Waals surface area contributed by atoms with Crippen LogP contribution in [0.3, 0.4) is 0 Å². The molecular weight excluding hydrogens is 270 g/mol. The second kappa shape index (κ2) is 7.50. The maximum Gasteiger partial charge on any atom is 0.138 e. The molecule has 2 aromatic rings. The summed E-state index contributed by atoms with van der Waals surface area (Å²) in [5.74, 6) is 1.03. The highest BCUT2D eigenvalue weighted by atomic mass is 32.1. The van der Waals surface area contributed by atoms with Crippen molar-refractivity contribution in [1.29, 1.82) is 0 Å². The van der Waals surface area contributed by atoms with E-state index >= 15 is 0 Å². The molecular formula is C14H23N5S. The van der Waals surface area contributed by atoms with Gasteiger partial charge in [-0.15, -0.1) is 11.3 Å². The number of hydrogen-bond acceptors (Lipinski definition) is 5. The Morgan fingerprint density at radius 2 is 2.20 bits per heavy atom. The van der Waals surface area contributed by atoms with Gasteiger partial charge in [-0.05, 0) is 26.3 Å². The van der Waals surface area contributed by atoms with E-state index in [1.165, 1.54) is 0 Å². The zero-order chi connectivity index (χ0) is 14.4. The van der Waals surface area contributed by atoms with Crippen LogP contribution in [0.25, 0.3) is 0 Å². The van der Waals surface area contributed by atoms with Crippen LogP contribution in [-0.2, 0) is 13.0 Å². The molecule has 1 N–H and O–H groups in total. The molecule has 5 nitrogen and oxygen atoms in total. The maximum atomic E-state index is 4.62. The number of hydrogen-bond donors (Lipinski definition) is 1. The fourth-order valence-corrected chi connectivity index (χ4v) is 2.83. The lowest BCUT2D eigenvalue weighted by molar-refractivity contribution is 0.482.